The van der Waals surface area contributed by atoms with Crippen LogP contribution >= 0.6 is 0 Å². The van der Waals surface area contributed by atoms with E-state index in [0.29, 0.717) is 12.8 Å². The minimum atomic E-state index is -1.28. The fraction of sp³-hybridized carbons (Fsp3) is 0.938. The molecule has 0 radical (unpaired) electrons. The van der Waals surface area contributed by atoms with E-state index in [2.05, 4.69) is 6.92 Å². The van der Waals surface area contributed by atoms with Gasteiger partial charge in [0.25, 0.3) is 0 Å². The Balaban J connectivity index is 3.38. The third-order valence-electron chi connectivity index (χ3n) is 3.99. The van der Waals surface area contributed by atoms with Crippen LogP contribution in [0.25, 0.3) is 0 Å². The lowest BCUT2D eigenvalue weighted by molar-refractivity contribution is -0.137. The molecule has 0 heterocycles. The summed E-state index contributed by atoms with van der Waals surface area (Å²) in [7, 11) is 0. The highest BCUT2D eigenvalue weighted by Crippen LogP contribution is 2.19. The van der Waals surface area contributed by atoms with Crippen LogP contribution in [0.2, 0.25) is 0 Å². The average molecular weight is 271 g/mol. The van der Waals surface area contributed by atoms with Crippen LogP contribution in [0.1, 0.15) is 90.9 Å². The summed E-state index contributed by atoms with van der Waals surface area (Å²) < 4.78 is 0. The molecule has 1 atom stereocenters. The van der Waals surface area contributed by atoms with Gasteiger partial charge in [-0.2, -0.15) is 0 Å². The normalized spacial score (nSPS) is 14.3. The van der Waals surface area contributed by atoms with E-state index in [-0.39, 0.29) is 0 Å². The Labute approximate surface area is 119 Å². The van der Waals surface area contributed by atoms with Crippen molar-refractivity contribution in [2.24, 2.45) is 5.73 Å². The summed E-state index contributed by atoms with van der Waals surface area (Å²) in [5.74, 6) is -0.578. The highest BCUT2D eigenvalue weighted by atomic mass is 16.3. The van der Waals surface area contributed by atoms with Crippen LogP contribution in [-0.4, -0.2) is 16.6 Å². The second-order valence-corrected chi connectivity index (χ2v) is 5.68. The maximum atomic E-state index is 11.1. The standard InChI is InChI=1S/C16H33NO2/c1-3-5-6-7-8-9-10-11-12-13-14-16(19,4-2)15(17)18/h19H,3-14H2,1-2H3,(H2,17,18). The third kappa shape index (κ3) is 9.04. The van der Waals surface area contributed by atoms with Gasteiger partial charge in [-0.3, -0.25) is 4.79 Å². The van der Waals surface area contributed by atoms with Gasteiger partial charge in [-0.1, -0.05) is 78.1 Å². The lowest BCUT2D eigenvalue weighted by Crippen LogP contribution is -2.43. The summed E-state index contributed by atoms with van der Waals surface area (Å²) in [6.45, 7) is 4.05. The quantitative estimate of drug-likeness (QED) is 0.499. The molecular formula is C16H33NO2. The first-order chi connectivity index (χ1) is 9.06. The molecule has 3 N–H and O–H groups in total. The van der Waals surface area contributed by atoms with Crippen molar-refractivity contribution >= 4 is 5.91 Å². The second-order valence-electron chi connectivity index (χ2n) is 5.68. The fourth-order valence-electron chi connectivity index (χ4n) is 2.38. The van der Waals surface area contributed by atoms with E-state index in [1.807, 2.05) is 0 Å². The van der Waals surface area contributed by atoms with Gasteiger partial charge in [0, 0.05) is 0 Å². The lowest BCUT2D eigenvalue weighted by Gasteiger charge is -2.22. The summed E-state index contributed by atoms with van der Waals surface area (Å²) in [6.07, 6.45) is 13.5. The maximum absolute atomic E-state index is 11.1. The molecule has 0 rings (SSSR count). The minimum absolute atomic E-state index is 0.416. The third-order valence-corrected chi connectivity index (χ3v) is 3.99. The second kappa shape index (κ2) is 11.3. The molecular weight excluding hydrogens is 238 g/mol. The molecule has 0 aromatic carbocycles. The van der Waals surface area contributed by atoms with Crippen molar-refractivity contribution in [1.82, 2.24) is 0 Å². The molecule has 0 bridgehead atoms. The van der Waals surface area contributed by atoms with Gasteiger partial charge in [0.2, 0.25) is 5.91 Å². The number of hydrogen-bond donors (Lipinski definition) is 2. The Hall–Kier alpha value is -0.570. The Morgan fingerprint density at radius 1 is 0.895 bits per heavy atom. The van der Waals surface area contributed by atoms with Crippen LogP contribution in [0, 0.1) is 0 Å². The van der Waals surface area contributed by atoms with Gasteiger partial charge < -0.3 is 10.8 Å². The molecule has 3 nitrogen and oxygen atoms in total. The van der Waals surface area contributed by atoms with Gasteiger partial charge in [-0.25, -0.2) is 0 Å². The van der Waals surface area contributed by atoms with Crippen LogP contribution in [0.4, 0.5) is 0 Å². The predicted molar refractivity (Wildman–Crippen MR) is 80.9 cm³/mol. The predicted octanol–water partition coefficient (Wildman–Crippen LogP) is 3.92. The van der Waals surface area contributed by atoms with Gasteiger partial charge in [0.15, 0.2) is 0 Å². The Morgan fingerprint density at radius 3 is 1.68 bits per heavy atom. The number of hydrogen-bond acceptors (Lipinski definition) is 2. The van der Waals surface area contributed by atoms with E-state index in [0.717, 1.165) is 12.8 Å². The van der Waals surface area contributed by atoms with E-state index in [4.69, 9.17) is 5.73 Å². The van der Waals surface area contributed by atoms with Gasteiger partial charge >= 0.3 is 0 Å². The summed E-state index contributed by atoms with van der Waals surface area (Å²) in [5, 5.41) is 9.95. The molecule has 114 valence electrons. The van der Waals surface area contributed by atoms with Crippen LogP contribution < -0.4 is 5.73 Å². The molecule has 1 amide bonds. The number of amides is 1. The van der Waals surface area contributed by atoms with Crippen molar-refractivity contribution in [3.63, 3.8) is 0 Å². The van der Waals surface area contributed by atoms with Crippen LogP contribution in [0.3, 0.4) is 0 Å². The number of carbonyl (C=O) groups is 1. The molecule has 19 heavy (non-hydrogen) atoms. The number of unbranched alkanes of at least 4 members (excludes halogenated alkanes) is 9. The van der Waals surface area contributed by atoms with Gasteiger partial charge in [-0.15, -0.1) is 0 Å². The molecule has 0 saturated carbocycles. The zero-order valence-corrected chi connectivity index (χ0v) is 12.9. The van der Waals surface area contributed by atoms with E-state index in [1.165, 1.54) is 51.4 Å². The first-order valence-corrected chi connectivity index (χ1v) is 8.09. The number of nitrogens with two attached hydrogens (primary N) is 1. The zero-order chi connectivity index (χ0) is 14.6. The van der Waals surface area contributed by atoms with Crippen LogP contribution in [-0.2, 0) is 4.79 Å². The zero-order valence-electron chi connectivity index (χ0n) is 12.9. The van der Waals surface area contributed by atoms with Crippen molar-refractivity contribution in [3.8, 4) is 0 Å². The monoisotopic (exact) mass is 271 g/mol. The topological polar surface area (TPSA) is 63.3 Å². The maximum Gasteiger partial charge on any atom is 0.249 e. The highest BCUT2D eigenvalue weighted by molar-refractivity contribution is 5.82. The van der Waals surface area contributed by atoms with Gasteiger partial charge in [-0.05, 0) is 12.8 Å². The van der Waals surface area contributed by atoms with Gasteiger partial charge in [0.1, 0.15) is 5.60 Å². The molecule has 0 aliphatic rings. The van der Waals surface area contributed by atoms with Gasteiger partial charge in [0.05, 0.1) is 0 Å². The van der Waals surface area contributed by atoms with E-state index >= 15 is 0 Å². The van der Waals surface area contributed by atoms with Crippen LogP contribution in [0.5, 0.6) is 0 Å². The molecule has 0 fully saturated rings. The van der Waals surface area contributed by atoms with Crippen molar-refractivity contribution in [3.05, 3.63) is 0 Å². The molecule has 1 unspecified atom stereocenters. The largest absolute Gasteiger partial charge is 0.380 e. The summed E-state index contributed by atoms with van der Waals surface area (Å²) in [6, 6.07) is 0. The molecule has 0 aromatic heterocycles. The Kier molecular flexibility index (Phi) is 10.9. The first kappa shape index (κ1) is 18.4. The lowest BCUT2D eigenvalue weighted by atomic mass is 9.92. The summed E-state index contributed by atoms with van der Waals surface area (Å²) in [5.41, 5.74) is 3.94. The Bertz CT molecular complexity index is 231. The number of aliphatic hydroxyl groups is 1. The Morgan fingerprint density at radius 2 is 1.32 bits per heavy atom. The molecule has 0 aromatic rings. The minimum Gasteiger partial charge on any atom is -0.380 e. The summed E-state index contributed by atoms with van der Waals surface area (Å²) >= 11 is 0. The highest BCUT2D eigenvalue weighted by Gasteiger charge is 2.30. The average Bonchev–Trinajstić information content (AvgIpc) is 2.40. The number of rotatable bonds is 13. The summed E-state index contributed by atoms with van der Waals surface area (Å²) in [4.78, 5) is 11.1. The number of primary amides is 1. The SMILES string of the molecule is CCCCCCCCCCCCC(O)(CC)C(N)=O. The molecule has 0 saturated heterocycles. The van der Waals surface area contributed by atoms with E-state index in [1.54, 1.807) is 6.92 Å². The van der Waals surface area contributed by atoms with E-state index < -0.39 is 11.5 Å². The van der Waals surface area contributed by atoms with Crippen molar-refractivity contribution < 1.29 is 9.90 Å². The van der Waals surface area contributed by atoms with Crippen LogP contribution in [0.15, 0.2) is 0 Å². The molecule has 0 spiro atoms. The van der Waals surface area contributed by atoms with Crippen molar-refractivity contribution in [2.45, 2.75) is 96.5 Å². The molecule has 0 aliphatic carbocycles. The van der Waals surface area contributed by atoms with E-state index in [9.17, 15) is 9.90 Å². The number of carbonyl (C=O) groups excluding carboxylic acids is 1. The smallest absolute Gasteiger partial charge is 0.249 e. The molecule has 0 aliphatic heterocycles. The van der Waals surface area contributed by atoms with Crippen molar-refractivity contribution in [1.29, 1.82) is 0 Å². The van der Waals surface area contributed by atoms with Crippen molar-refractivity contribution in [2.75, 3.05) is 0 Å². The fourth-order valence-corrected chi connectivity index (χ4v) is 2.38. The first-order valence-electron chi connectivity index (χ1n) is 8.09. The molecule has 3 heteroatoms.